The minimum Gasteiger partial charge on any atom is -0.481 e. The molecule has 120 valence electrons. The Bertz CT molecular complexity index is 194. The molecule has 1 fully saturated rings. The van der Waals surface area contributed by atoms with Crippen molar-refractivity contribution in [1.29, 1.82) is 0 Å². The summed E-state index contributed by atoms with van der Waals surface area (Å²) >= 11 is 0. The lowest BCUT2D eigenvalue weighted by atomic mass is 10.1. The van der Waals surface area contributed by atoms with Gasteiger partial charge in [-0.15, -0.1) is 0 Å². The van der Waals surface area contributed by atoms with Crippen LogP contribution >= 0.6 is 0 Å². The molecule has 1 aliphatic heterocycles. The molecule has 1 rings (SSSR count). The lowest BCUT2D eigenvalue weighted by Gasteiger charge is -2.07. The summed E-state index contributed by atoms with van der Waals surface area (Å²) < 4.78 is 5.21. The molecule has 0 unspecified atom stereocenters. The largest absolute Gasteiger partial charge is 0.481 e. The maximum atomic E-state index is 10.2. The predicted molar refractivity (Wildman–Crippen MR) is 88.0 cm³/mol. The van der Waals surface area contributed by atoms with E-state index in [1.165, 1.54) is 63.8 Å². The van der Waals surface area contributed by atoms with Gasteiger partial charge in [0.2, 0.25) is 0 Å². The van der Waals surface area contributed by atoms with E-state index in [-0.39, 0.29) is 9.76 Å². The van der Waals surface area contributed by atoms with E-state index in [0.717, 1.165) is 19.4 Å². The van der Waals surface area contributed by atoms with Gasteiger partial charge >= 0.3 is 5.97 Å². The molecule has 1 saturated heterocycles. The smallest absolute Gasteiger partial charge is 0.303 e. The fraction of sp³-hybridized carbons (Fsp3) is 0.938. The van der Waals surface area contributed by atoms with E-state index in [4.69, 9.17) is 9.53 Å². The third-order valence-corrected chi connectivity index (χ3v) is 4.94. The van der Waals surface area contributed by atoms with Gasteiger partial charge in [-0.05, 0) is 18.9 Å². The van der Waals surface area contributed by atoms with Crippen LogP contribution in [0.15, 0.2) is 0 Å². The van der Waals surface area contributed by atoms with Crippen molar-refractivity contribution < 1.29 is 14.3 Å². The van der Waals surface area contributed by atoms with E-state index in [9.17, 15) is 4.79 Å². The Morgan fingerprint density at radius 1 is 1.00 bits per heavy atom. The minimum atomic E-state index is -0.659. The molecule has 0 aliphatic carbocycles. The first-order valence-corrected chi connectivity index (χ1v) is 10.1. The molecular formula is C16H34O3Si. The zero-order valence-corrected chi connectivity index (χ0v) is 14.8. The molecule has 0 aromatic carbocycles. The molecule has 4 heteroatoms. The first-order valence-electron chi connectivity index (χ1n) is 8.57. The molecule has 0 atom stereocenters. The van der Waals surface area contributed by atoms with Crippen LogP contribution in [0.1, 0.15) is 84.0 Å². The number of carboxylic acid groups (broad SMARTS) is 1. The van der Waals surface area contributed by atoms with Crippen LogP contribution in [0.4, 0.5) is 0 Å². The summed E-state index contributed by atoms with van der Waals surface area (Å²) in [6.07, 6.45) is 14.2. The van der Waals surface area contributed by atoms with Gasteiger partial charge in [-0.1, -0.05) is 64.7 Å². The molecule has 0 radical (unpaired) electrons. The second-order valence-corrected chi connectivity index (χ2v) is 7.17. The van der Waals surface area contributed by atoms with E-state index >= 15 is 0 Å². The molecule has 0 spiro atoms. The van der Waals surface area contributed by atoms with Crippen LogP contribution in [0, 0.1) is 0 Å². The lowest BCUT2D eigenvalue weighted by Crippen LogP contribution is -2.06. The van der Waals surface area contributed by atoms with Crippen molar-refractivity contribution in [2.75, 3.05) is 6.61 Å². The Balaban J connectivity index is 0.000000493. The van der Waals surface area contributed by atoms with Crippen molar-refractivity contribution in [2.24, 2.45) is 0 Å². The summed E-state index contributed by atoms with van der Waals surface area (Å²) in [4.78, 5) is 10.2. The monoisotopic (exact) mass is 302 g/mol. The zero-order valence-electron chi connectivity index (χ0n) is 13.4. The van der Waals surface area contributed by atoms with Gasteiger partial charge in [-0.3, -0.25) is 4.79 Å². The molecule has 0 amide bonds. The average Bonchev–Trinajstić information content (AvgIpc) is 2.48. The molecule has 20 heavy (non-hydrogen) atoms. The van der Waals surface area contributed by atoms with Crippen molar-refractivity contribution in [1.82, 2.24) is 0 Å². The fourth-order valence-electron chi connectivity index (χ4n) is 2.27. The summed E-state index contributed by atoms with van der Waals surface area (Å²) in [5.74, 6) is -0.659. The van der Waals surface area contributed by atoms with Gasteiger partial charge in [0.05, 0.1) is 0 Å². The molecule has 0 bridgehead atoms. The van der Waals surface area contributed by atoms with Crippen molar-refractivity contribution in [3.05, 3.63) is 0 Å². The van der Waals surface area contributed by atoms with Gasteiger partial charge in [0.25, 0.3) is 0 Å². The number of carboxylic acids is 1. The van der Waals surface area contributed by atoms with Crippen molar-refractivity contribution in [3.63, 3.8) is 0 Å². The van der Waals surface area contributed by atoms with Crippen molar-refractivity contribution in [2.45, 2.75) is 90.0 Å². The number of hydrogen-bond acceptors (Lipinski definition) is 2. The van der Waals surface area contributed by atoms with Gasteiger partial charge in [0.1, 0.15) is 0 Å². The lowest BCUT2D eigenvalue weighted by molar-refractivity contribution is -0.137. The van der Waals surface area contributed by atoms with E-state index in [1.54, 1.807) is 0 Å². The van der Waals surface area contributed by atoms with Gasteiger partial charge in [-0.2, -0.15) is 0 Å². The Morgan fingerprint density at radius 2 is 1.60 bits per heavy atom. The van der Waals surface area contributed by atoms with Crippen molar-refractivity contribution >= 4 is 15.7 Å². The molecule has 3 nitrogen and oxygen atoms in total. The van der Waals surface area contributed by atoms with Crippen LogP contribution in [0.2, 0.25) is 6.04 Å². The van der Waals surface area contributed by atoms with Gasteiger partial charge < -0.3 is 9.53 Å². The summed E-state index contributed by atoms with van der Waals surface area (Å²) in [7, 11) is 0.00849. The quantitative estimate of drug-likeness (QED) is 0.483. The first-order chi connectivity index (χ1) is 9.77. The Hall–Kier alpha value is -0.353. The Kier molecular flexibility index (Phi) is 16.4. The number of carbonyl (C=O) groups is 1. The van der Waals surface area contributed by atoms with E-state index in [2.05, 4.69) is 6.92 Å². The maximum absolute atomic E-state index is 10.2. The molecule has 1 N–H and O–H groups in total. The van der Waals surface area contributed by atoms with Crippen LogP contribution in [0.5, 0.6) is 0 Å². The third-order valence-electron chi connectivity index (χ3n) is 3.57. The summed E-state index contributed by atoms with van der Waals surface area (Å²) in [6, 6.07) is 1.42. The predicted octanol–water partition coefficient (Wildman–Crippen LogP) is 4.29. The highest BCUT2D eigenvalue weighted by atomic mass is 28.2. The Morgan fingerprint density at radius 3 is 1.95 bits per heavy atom. The molecule has 1 heterocycles. The fourth-order valence-corrected chi connectivity index (χ4v) is 3.44. The van der Waals surface area contributed by atoms with Gasteiger partial charge in [0.15, 0.2) is 9.76 Å². The van der Waals surface area contributed by atoms with E-state index < -0.39 is 5.97 Å². The molecular weight excluding hydrogens is 268 g/mol. The molecule has 0 saturated carbocycles. The van der Waals surface area contributed by atoms with Gasteiger partial charge in [-0.25, -0.2) is 0 Å². The third kappa shape index (κ3) is 17.6. The molecule has 0 aromatic heterocycles. The average molecular weight is 303 g/mol. The van der Waals surface area contributed by atoms with Crippen LogP contribution < -0.4 is 0 Å². The SMILES string of the molecule is C1CC[SiH2]OC1.CCCCCCCCCCCC(=O)O. The molecule has 1 aliphatic rings. The zero-order chi connectivity index (χ0) is 14.9. The maximum Gasteiger partial charge on any atom is 0.303 e. The van der Waals surface area contributed by atoms with Crippen molar-refractivity contribution in [3.8, 4) is 0 Å². The number of rotatable bonds is 10. The van der Waals surface area contributed by atoms with Crippen LogP contribution in [-0.4, -0.2) is 27.4 Å². The second kappa shape index (κ2) is 16.7. The summed E-state index contributed by atoms with van der Waals surface area (Å²) in [5, 5.41) is 8.41. The highest BCUT2D eigenvalue weighted by molar-refractivity contribution is 6.27. The Labute approximate surface area is 127 Å². The van der Waals surface area contributed by atoms with Crippen LogP contribution in [-0.2, 0) is 9.22 Å². The van der Waals surface area contributed by atoms with E-state index in [1.807, 2.05) is 0 Å². The minimum absolute atomic E-state index is 0.00849. The van der Waals surface area contributed by atoms with Gasteiger partial charge in [0, 0.05) is 13.0 Å². The highest BCUT2D eigenvalue weighted by Gasteiger charge is 1.96. The molecule has 0 aromatic rings. The normalized spacial score (nSPS) is 15.7. The van der Waals surface area contributed by atoms with Crippen LogP contribution in [0.3, 0.4) is 0 Å². The number of aliphatic carboxylic acids is 1. The number of hydrogen-bond donors (Lipinski definition) is 1. The second-order valence-electron chi connectivity index (χ2n) is 5.65. The standard InChI is InChI=1S/C12H24O2.C4H10OSi/c1-2-3-4-5-6-7-8-9-10-11-12(13)14;1-2-4-6-5-3-1/h2-11H2,1H3,(H,13,14);1-4,6H2. The highest BCUT2D eigenvalue weighted by Crippen LogP contribution is 2.10. The topological polar surface area (TPSA) is 46.5 Å². The number of unbranched alkanes of at least 4 members (excludes halogenated alkanes) is 8. The van der Waals surface area contributed by atoms with E-state index in [0.29, 0.717) is 6.42 Å². The van der Waals surface area contributed by atoms with Crippen LogP contribution in [0.25, 0.3) is 0 Å². The summed E-state index contributed by atoms with van der Waals surface area (Å²) in [5.41, 5.74) is 0. The summed E-state index contributed by atoms with van der Waals surface area (Å²) in [6.45, 7) is 3.29. The first kappa shape index (κ1) is 19.6.